The van der Waals surface area contributed by atoms with Crippen molar-refractivity contribution in [1.82, 2.24) is 15.5 Å². The molecule has 1 saturated carbocycles. The van der Waals surface area contributed by atoms with Crippen molar-refractivity contribution in [3.8, 4) is 0 Å². The highest BCUT2D eigenvalue weighted by Crippen LogP contribution is 2.36. The Morgan fingerprint density at radius 1 is 1.28 bits per heavy atom. The Morgan fingerprint density at radius 3 is 2.72 bits per heavy atom. The summed E-state index contributed by atoms with van der Waals surface area (Å²) >= 11 is 0. The Morgan fingerprint density at radius 2 is 2.03 bits per heavy atom. The van der Waals surface area contributed by atoms with Crippen LogP contribution < -0.4 is 10.6 Å². The first kappa shape index (κ1) is 23.0. The summed E-state index contributed by atoms with van der Waals surface area (Å²) in [6, 6.07) is 9.98. The van der Waals surface area contributed by atoms with Crippen molar-refractivity contribution in [2.75, 3.05) is 26.3 Å². The molecule has 2 saturated heterocycles. The van der Waals surface area contributed by atoms with Crippen LogP contribution in [0.2, 0.25) is 0 Å². The first-order valence-electron chi connectivity index (χ1n) is 11.8. The fourth-order valence-electron chi connectivity index (χ4n) is 5.40. The molecule has 2 N–H and O–H groups in total. The molecule has 7 nitrogen and oxygen atoms in total. The largest absolute Gasteiger partial charge is 0.376 e. The van der Waals surface area contributed by atoms with Gasteiger partial charge in [-0.2, -0.15) is 0 Å². The van der Waals surface area contributed by atoms with E-state index in [1.165, 1.54) is 5.56 Å². The average molecular weight is 448 g/mol. The zero-order valence-corrected chi connectivity index (χ0v) is 18.7. The number of hydrogen-bond donors (Lipinski definition) is 2. The smallest absolute Gasteiger partial charge is 0.317 e. The topological polar surface area (TPSA) is 79.9 Å². The van der Waals surface area contributed by atoms with E-state index in [4.69, 9.17) is 9.47 Å². The summed E-state index contributed by atoms with van der Waals surface area (Å²) in [5.41, 5.74) is 0.548. The molecule has 2 aliphatic heterocycles. The maximum absolute atomic E-state index is 13.7. The van der Waals surface area contributed by atoms with E-state index in [0.717, 1.165) is 25.7 Å². The summed E-state index contributed by atoms with van der Waals surface area (Å²) in [6.07, 6.45) is 3.51. The number of nitrogens with one attached hydrogen (secondary N) is 2. The van der Waals surface area contributed by atoms with Crippen molar-refractivity contribution in [3.63, 3.8) is 0 Å². The number of ether oxygens (including phenoxy) is 2. The molecular formula is C24H34FN3O4. The van der Waals surface area contributed by atoms with E-state index < -0.39 is 23.8 Å². The number of rotatable bonds is 5. The number of halogens is 1. The quantitative estimate of drug-likeness (QED) is 0.727. The van der Waals surface area contributed by atoms with Gasteiger partial charge in [-0.1, -0.05) is 30.3 Å². The van der Waals surface area contributed by atoms with Gasteiger partial charge in [0, 0.05) is 13.1 Å². The van der Waals surface area contributed by atoms with Crippen LogP contribution in [0.25, 0.3) is 0 Å². The van der Waals surface area contributed by atoms with E-state index in [1.54, 1.807) is 4.90 Å². The average Bonchev–Trinajstić information content (AvgIpc) is 2.82. The molecule has 176 valence electrons. The van der Waals surface area contributed by atoms with Crippen LogP contribution >= 0.6 is 0 Å². The molecule has 0 aromatic heterocycles. The van der Waals surface area contributed by atoms with E-state index in [9.17, 15) is 14.0 Å². The van der Waals surface area contributed by atoms with E-state index in [-0.39, 0.29) is 18.7 Å². The van der Waals surface area contributed by atoms with Gasteiger partial charge in [0.1, 0.15) is 0 Å². The van der Waals surface area contributed by atoms with Gasteiger partial charge in [-0.3, -0.25) is 4.79 Å². The molecule has 1 aromatic rings. The molecule has 2 heterocycles. The maximum atomic E-state index is 13.7. The number of alkyl halides is 1. The zero-order chi connectivity index (χ0) is 22.6. The van der Waals surface area contributed by atoms with Crippen molar-refractivity contribution >= 4 is 11.9 Å². The van der Waals surface area contributed by atoms with Crippen molar-refractivity contribution in [3.05, 3.63) is 35.9 Å². The lowest BCUT2D eigenvalue weighted by atomic mass is 9.80. The normalized spacial score (nSPS) is 33.1. The standard InChI is InChI=1S/C24H34FN3O4/c1-2-26-23(30)28-14-6-13-24(16-32-21(25)22(29)27-24)20(28)15-31-19-11-9-18(10-12-19)17-7-4-3-5-8-17/h3-5,7-8,18-21H,2,6,9-16H2,1H3,(H,26,30)(H,27,29)/t18?,19?,20-,21?,24+/m1/s1. The van der Waals surface area contributed by atoms with Gasteiger partial charge in [-0.25, -0.2) is 9.18 Å². The second-order valence-electron chi connectivity index (χ2n) is 9.14. The highest BCUT2D eigenvalue weighted by molar-refractivity contribution is 5.81. The predicted octanol–water partition coefficient (Wildman–Crippen LogP) is 3.10. The Hall–Kier alpha value is -2.19. The van der Waals surface area contributed by atoms with Gasteiger partial charge in [0.05, 0.1) is 30.9 Å². The first-order valence-corrected chi connectivity index (χ1v) is 11.8. The monoisotopic (exact) mass is 447 g/mol. The molecule has 3 aliphatic rings. The molecule has 0 bridgehead atoms. The second-order valence-corrected chi connectivity index (χ2v) is 9.14. The Kier molecular flexibility index (Phi) is 7.30. The summed E-state index contributed by atoms with van der Waals surface area (Å²) in [5.74, 6) is -0.223. The molecule has 0 radical (unpaired) electrons. The number of amides is 3. The van der Waals surface area contributed by atoms with Gasteiger partial charge in [-0.05, 0) is 56.9 Å². The van der Waals surface area contributed by atoms with Crippen molar-refractivity contribution < 1.29 is 23.5 Å². The van der Waals surface area contributed by atoms with Crippen LogP contribution in [0.15, 0.2) is 30.3 Å². The third kappa shape index (κ3) is 4.91. The van der Waals surface area contributed by atoms with Crippen molar-refractivity contribution in [2.24, 2.45) is 0 Å². The van der Waals surface area contributed by atoms with Crippen LogP contribution in [0.3, 0.4) is 0 Å². The Labute approximate surface area is 189 Å². The third-order valence-electron chi connectivity index (χ3n) is 7.13. The molecule has 1 unspecified atom stereocenters. The molecule has 8 heteroatoms. The number of benzene rings is 1. The van der Waals surface area contributed by atoms with Gasteiger partial charge in [-0.15, -0.1) is 0 Å². The van der Waals surface area contributed by atoms with Crippen LogP contribution in [-0.2, 0) is 14.3 Å². The Balaban J connectivity index is 1.42. The molecule has 3 fully saturated rings. The van der Waals surface area contributed by atoms with Gasteiger partial charge in [0.25, 0.3) is 12.3 Å². The lowest BCUT2D eigenvalue weighted by Gasteiger charge is -2.51. The van der Waals surface area contributed by atoms with Crippen LogP contribution in [0, 0.1) is 0 Å². The molecule has 1 aromatic carbocycles. The molecule has 1 aliphatic carbocycles. The van der Waals surface area contributed by atoms with E-state index in [1.807, 2.05) is 13.0 Å². The lowest BCUT2D eigenvalue weighted by molar-refractivity contribution is -0.172. The summed E-state index contributed by atoms with van der Waals surface area (Å²) in [4.78, 5) is 26.6. The molecular weight excluding hydrogens is 413 g/mol. The minimum atomic E-state index is -1.96. The zero-order valence-electron chi connectivity index (χ0n) is 18.7. The van der Waals surface area contributed by atoms with Crippen molar-refractivity contribution in [2.45, 2.75) is 75.4 Å². The predicted molar refractivity (Wildman–Crippen MR) is 118 cm³/mol. The molecule has 1 spiro atoms. The maximum Gasteiger partial charge on any atom is 0.317 e. The summed E-state index contributed by atoms with van der Waals surface area (Å²) in [7, 11) is 0. The lowest BCUT2D eigenvalue weighted by Crippen LogP contribution is -2.73. The van der Waals surface area contributed by atoms with Gasteiger partial charge in [0.2, 0.25) is 0 Å². The highest BCUT2D eigenvalue weighted by atomic mass is 19.1. The molecule has 3 amide bonds. The van der Waals surface area contributed by atoms with E-state index in [2.05, 4.69) is 34.9 Å². The number of piperidine rings is 1. The van der Waals surface area contributed by atoms with Gasteiger partial charge >= 0.3 is 6.03 Å². The van der Waals surface area contributed by atoms with E-state index >= 15 is 0 Å². The molecule has 4 rings (SSSR count). The van der Waals surface area contributed by atoms with E-state index in [0.29, 0.717) is 38.5 Å². The summed E-state index contributed by atoms with van der Waals surface area (Å²) < 4.78 is 25.2. The SMILES string of the molecule is CCNC(=O)N1CCC[C@]2(COC(F)C(=O)N2)[C@H]1COC1CCC(c2ccccc2)CC1. The van der Waals surface area contributed by atoms with Gasteiger partial charge < -0.3 is 25.0 Å². The fourth-order valence-corrected chi connectivity index (χ4v) is 5.40. The minimum Gasteiger partial charge on any atom is -0.376 e. The van der Waals surface area contributed by atoms with Crippen LogP contribution in [0.5, 0.6) is 0 Å². The molecule has 3 atom stereocenters. The van der Waals surface area contributed by atoms with Crippen molar-refractivity contribution in [1.29, 1.82) is 0 Å². The van der Waals surface area contributed by atoms with Gasteiger partial charge in [0.15, 0.2) is 0 Å². The number of likely N-dealkylation sites (tertiary alicyclic amines) is 1. The fraction of sp³-hybridized carbons (Fsp3) is 0.667. The number of hydrogen-bond acceptors (Lipinski definition) is 4. The summed E-state index contributed by atoms with van der Waals surface area (Å²) in [5, 5.41) is 5.69. The molecule has 32 heavy (non-hydrogen) atoms. The van der Waals surface area contributed by atoms with Crippen LogP contribution in [0.1, 0.15) is 56.9 Å². The Bertz CT molecular complexity index is 787. The highest BCUT2D eigenvalue weighted by Gasteiger charge is 2.51. The number of morpholine rings is 1. The second kappa shape index (κ2) is 10.2. The number of carbonyl (C=O) groups excluding carboxylic acids is 2. The first-order chi connectivity index (χ1) is 15.5. The summed E-state index contributed by atoms with van der Waals surface area (Å²) in [6.45, 7) is 3.27. The minimum absolute atomic E-state index is 0.0323. The van der Waals surface area contributed by atoms with Crippen LogP contribution in [0.4, 0.5) is 9.18 Å². The number of carbonyl (C=O) groups is 2. The van der Waals surface area contributed by atoms with Crippen LogP contribution in [-0.4, -0.2) is 67.2 Å². The number of urea groups is 1. The third-order valence-corrected chi connectivity index (χ3v) is 7.13. The number of nitrogens with zero attached hydrogens (tertiary/aromatic N) is 1.